The molecule has 1 aliphatic heterocycles. The van der Waals surface area contributed by atoms with Gasteiger partial charge in [0.2, 0.25) is 5.91 Å². The number of aryl methyl sites for hydroxylation is 3. The van der Waals surface area contributed by atoms with Crippen LogP contribution in [0.3, 0.4) is 0 Å². The van der Waals surface area contributed by atoms with E-state index >= 15 is 0 Å². The number of likely N-dealkylation sites (tertiary alicyclic amines) is 1. The molecule has 0 bridgehead atoms. The van der Waals surface area contributed by atoms with Crippen molar-refractivity contribution >= 4 is 51.3 Å². The Labute approximate surface area is 207 Å². The maximum absolute atomic E-state index is 12.8. The predicted octanol–water partition coefficient (Wildman–Crippen LogP) is 5.16. The standard InChI is InChI=1S/C25H27N3O4S2/c1-15-11-16(2)22(17(3)12-15)28(18(4)29)25-26-19(14-34-25)13-32-24(31)20-7-5-9-27(20)23(30)21-8-6-10-33-21/h6,8,10-12,14,20H,5,7,9,13H2,1-4H3/t20-/m0/s1. The molecule has 3 heterocycles. The van der Waals surface area contributed by atoms with Crippen molar-refractivity contribution in [3.63, 3.8) is 0 Å². The highest BCUT2D eigenvalue weighted by atomic mass is 32.1. The second-order valence-electron chi connectivity index (χ2n) is 8.46. The number of benzene rings is 1. The minimum atomic E-state index is -0.584. The second kappa shape index (κ2) is 10.1. The van der Waals surface area contributed by atoms with Crippen LogP contribution in [-0.2, 0) is 20.9 Å². The summed E-state index contributed by atoms with van der Waals surface area (Å²) in [5.74, 6) is -0.696. The molecule has 34 heavy (non-hydrogen) atoms. The number of thiazole rings is 1. The normalized spacial score (nSPS) is 15.4. The lowest BCUT2D eigenvalue weighted by atomic mass is 10.0. The second-order valence-corrected chi connectivity index (χ2v) is 10.2. The summed E-state index contributed by atoms with van der Waals surface area (Å²) in [5, 5.41) is 4.17. The first kappa shape index (κ1) is 24.1. The maximum atomic E-state index is 12.8. The molecule has 1 atom stereocenters. The van der Waals surface area contributed by atoms with Gasteiger partial charge in [-0.25, -0.2) is 9.78 Å². The minimum Gasteiger partial charge on any atom is -0.458 e. The van der Waals surface area contributed by atoms with Crippen molar-refractivity contribution in [1.82, 2.24) is 9.88 Å². The van der Waals surface area contributed by atoms with E-state index in [4.69, 9.17) is 4.74 Å². The number of thiophene rings is 1. The monoisotopic (exact) mass is 497 g/mol. The fourth-order valence-electron chi connectivity index (χ4n) is 4.42. The van der Waals surface area contributed by atoms with Crippen molar-refractivity contribution in [2.45, 2.75) is 53.2 Å². The van der Waals surface area contributed by atoms with Crippen LogP contribution in [0, 0.1) is 20.8 Å². The molecule has 0 spiro atoms. The molecule has 178 valence electrons. The molecule has 1 aliphatic rings. The van der Waals surface area contributed by atoms with Gasteiger partial charge in [0.15, 0.2) is 5.13 Å². The number of aromatic nitrogens is 1. The summed E-state index contributed by atoms with van der Waals surface area (Å²) >= 11 is 2.70. The van der Waals surface area contributed by atoms with Gasteiger partial charge in [-0.05, 0) is 56.2 Å². The number of amides is 2. The molecule has 1 aromatic carbocycles. The molecular formula is C25H27N3O4S2. The summed E-state index contributed by atoms with van der Waals surface area (Å²) in [5.41, 5.74) is 4.51. The summed E-state index contributed by atoms with van der Waals surface area (Å²) in [6.07, 6.45) is 1.35. The van der Waals surface area contributed by atoms with Crippen molar-refractivity contribution < 1.29 is 19.1 Å². The molecule has 3 aromatic rings. The van der Waals surface area contributed by atoms with Crippen LogP contribution in [-0.4, -0.2) is 40.3 Å². The number of carbonyl (C=O) groups is 3. The van der Waals surface area contributed by atoms with E-state index in [2.05, 4.69) is 4.98 Å². The van der Waals surface area contributed by atoms with Gasteiger partial charge in [0.05, 0.1) is 16.3 Å². The predicted molar refractivity (Wildman–Crippen MR) is 134 cm³/mol. The van der Waals surface area contributed by atoms with E-state index < -0.39 is 12.0 Å². The molecule has 7 nitrogen and oxygen atoms in total. The van der Waals surface area contributed by atoms with Gasteiger partial charge in [-0.3, -0.25) is 14.5 Å². The van der Waals surface area contributed by atoms with Gasteiger partial charge < -0.3 is 9.64 Å². The molecule has 1 fully saturated rings. The zero-order valence-electron chi connectivity index (χ0n) is 19.7. The SMILES string of the molecule is CC(=O)N(c1nc(COC(=O)[C@@H]2CCCN2C(=O)c2cccs2)cs1)c1c(C)cc(C)cc1C. The van der Waals surface area contributed by atoms with Gasteiger partial charge in [0, 0.05) is 18.8 Å². The average Bonchev–Trinajstić information content (AvgIpc) is 3.55. The molecule has 0 aliphatic carbocycles. The van der Waals surface area contributed by atoms with Crippen molar-refractivity contribution in [3.05, 3.63) is 62.3 Å². The lowest BCUT2D eigenvalue weighted by Crippen LogP contribution is -2.41. The summed E-state index contributed by atoms with van der Waals surface area (Å²) in [6.45, 7) is 8.03. The van der Waals surface area contributed by atoms with E-state index in [0.29, 0.717) is 28.7 Å². The third kappa shape index (κ3) is 4.90. The lowest BCUT2D eigenvalue weighted by molar-refractivity contribution is -0.149. The number of ether oxygens (including phenoxy) is 1. The number of hydrogen-bond donors (Lipinski definition) is 0. The summed E-state index contributed by atoms with van der Waals surface area (Å²) in [6, 6.07) is 7.09. The fourth-order valence-corrected chi connectivity index (χ4v) is 5.95. The highest BCUT2D eigenvalue weighted by molar-refractivity contribution is 7.14. The van der Waals surface area contributed by atoms with Gasteiger partial charge in [-0.2, -0.15) is 0 Å². The highest BCUT2D eigenvalue weighted by Crippen LogP contribution is 2.34. The van der Waals surface area contributed by atoms with Crippen molar-refractivity contribution in [2.75, 3.05) is 11.4 Å². The van der Waals surface area contributed by atoms with Crippen LogP contribution < -0.4 is 4.90 Å². The molecule has 2 aromatic heterocycles. The molecule has 4 rings (SSSR count). The van der Waals surface area contributed by atoms with E-state index in [0.717, 1.165) is 28.8 Å². The average molecular weight is 498 g/mol. The van der Waals surface area contributed by atoms with Crippen LogP contribution in [0.5, 0.6) is 0 Å². The largest absolute Gasteiger partial charge is 0.458 e. The van der Waals surface area contributed by atoms with Gasteiger partial charge in [0.25, 0.3) is 5.91 Å². The maximum Gasteiger partial charge on any atom is 0.329 e. The number of anilines is 2. The van der Waals surface area contributed by atoms with Gasteiger partial charge in [0.1, 0.15) is 12.6 Å². The van der Waals surface area contributed by atoms with E-state index in [1.807, 2.05) is 44.4 Å². The van der Waals surface area contributed by atoms with Gasteiger partial charge >= 0.3 is 5.97 Å². The van der Waals surface area contributed by atoms with Crippen LogP contribution in [0.2, 0.25) is 0 Å². The third-order valence-electron chi connectivity index (χ3n) is 5.78. The quantitative estimate of drug-likeness (QED) is 0.440. The Kier molecular flexibility index (Phi) is 7.13. The number of hydrogen-bond acceptors (Lipinski definition) is 7. The Bertz CT molecular complexity index is 1200. The van der Waals surface area contributed by atoms with Crippen LogP contribution in [0.4, 0.5) is 10.8 Å². The van der Waals surface area contributed by atoms with Crippen LogP contribution >= 0.6 is 22.7 Å². The zero-order valence-corrected chi connectivity index (χ0v) is 21.3. The number of carbonyl (C=O) groups excluding carboxylic acids is 3. The Balaban J connectivity index is 1.46. The van der Waals surface area contributed by atoms with Crippen LogP contribution in [0.15, 0.2) is 35.0 Å². The number of rotatable bonds is 6. The number of nitrogens with zero attached hydrogens (tertiary/aromatic N) is 3. The Morgan fingerprint density at radius 1 is 1.18 bits per heavy atom. The summed E-state index contributed by atoms with van der Waals surface area (Å²) < 4.78 is 5.54. The third-order valence-corrected chi connectivity index (χ3v) is 7.52. The Morgan fingerprint density at radius 2 is 1.91 bits per heavy atom. The van der Waals surface area contributed by atoms with Gasteiger partial charge in [-0.1, -0.05) is 23.8 Å². The van der Waals surface area contributed by atoms with E-state index in [9.17, 15) is 14.4 Å². The van der Waals surface area contributed by atoms with Gasteiger partial charge in [-0.15, -0.1) is 22.7 Å². The molecular weight excluding hydrogens is 470 g/mol. The first-order valence-corrected chi connectivity index (χ1v) is 12.9. The van der Waals surface area contributed by atoms with Crippen LogP contribution in [0.25, 0.3) is 0 Å². The van der Waals surface area contributed by atoms with E-state index in [-0.39, 0.29) is 18.4 Å². The highest BCUT2D eigenvalue weighted by Gasteiger charge is 2.36. The van der Waals surface area contributed by atoms with Crippen molar-refractivity contribution in [2.24, 2.45) is 0 Å². The molecule has 0 radical (unpaired) electrons. The first-order valence-electron chi connectivity index (χ1n) is 11.1. The molecule has 0 N–H and O–H groups in total. The molecule has 9 heteroatoms. The van der Waals surface area contributed by atoms with E-state index in [1.165, 1.54) is 29.6 Å². The molecule has 1 saturated heterocycles. The Morgan fingerprint density at radius 3 is 2.56 bits per heavy atom. The molecule has 0 saturated carbocycles. The summed E-state index contributed by atoms with van der Waals surface area (Å²) in [7, 11) is 0. The Hall–Kier alpha value is -3.04. The number of esters is 1. The van der Waals surface area contributed by atoms with Crippen LogP contribution in [0.1, 0.15) is 51.8 Å². The lowest BCUT2D eigenvalue weighted by Gasteiger charge is -2.23. The topological polar surface area (TPSA) is 79.8 Å². The molecule has 0 unspecified atom stereocenters. The smallest absolute Gasteiger partial charge is 0.329 e. The summed E-state index contributed by atoms with van der Waals surface area (Å²) in [4.78, 5) is 46.5. The van der Waals surface area contributed by atoms with E-state index in [1.54, 1.807) is 21.2 Å². The van der Waals surface area contributed by atoms with Crippen molar-refractivity contribution in [1.29, 1.82) is 0 Å². The minimum absolute atomic E-state index is 0.00945. The fraction of sp³-hybridized carbons (Fsp3) is 0.360. The first-order chi connectivity index (χ1) is 16.3. The molecule has 2 amide bonds. The zero-order chi connectivity index (χ0) is 24.4. The van der Waals surface area contributed by atoms with Crippen molar-refractivity contribution in [3.8, 4) is 0 Å².